The topological polar surface area (TPSA) is 61.8 Å². The maximum atomic E-state index is 12.4. The molecule has 1 heterocycles. The van der Waals surface area contributed by atoms with Crippen LogP contribution in [0.5, 0.6) is 0 Å². The van der Waals surface area contributed by atoms with E-state index in [4.69, 9.17) is 14.2 Å². The van der Waals surface area contributed by atoms with Gasteiger partial charge in [-0.2, -0.15) is 0 Å². The van der Waals surface area contributed by atoms with Crippen molar-refractivity contribution in [1.82, 2.24) is 0 Å². The van der Waals surface area contributed by atoms with E-state index in [1.165, 1.54) is 0 Å². The Morgan fingerprint density at radius 1 is 1.00 bits per heavy atom. The van der Waals surface area contributed by atoms with E-state index in [0.29, 0.717) is 29.7 Å². The first-order valence-corrected chi connectivity index (χ1v) is 8.63. The van der Waals surface area contributed by atoms with Crippen LogP contribution >= 0.6 is 0 Å². The zero-order valence-electron chi connectivity index (χ0n) is 14.9. The molecule has 0 amide bonds. The van der Waals surface area contributed by atoms with Crippen molar-refractivity contribution >= 4 is 11.8 Å². The summed E-state index contributed by atoms with van der Waals surface area (Å²) in [6, 6.07) is 15.5. The Bertz CT molecular complexity index is 765. The van der Waals surface area contributed by atoms with E-state index < -0.39 is 11.8 Å². The Hall–Kier alpha value is -2.50. The predicted octanol–water partition coefficient (Wildman–Crippen LogP) is 3.62. The van der Waals surface area contributed by atoms with Crippen molar-refractivity contribution in [2.45, 2.75) is 32.2 Å². The lowest BCUT2D eigenvalue weighted by Crippen LogP contribution is -2.22. The van der Waals surface area contributed by atoms with Gasteiger partial charge in [0.15, 0.2) is 11.6 Å². The fourth-order valence-electron chi connectivity index (χ4n) is 2.79. The summed E-state index contributed by atoms with van der Waals surface area (Å²) < 4.78 is 16.4. The Kier molecular flexibility index (Phi) is 5.49. The third-order valence-corrected chi connectivity index (χ3v) is 4.16. The molecule has 1 fully saturated rings. The first-order chi connectivity index (χ1) is 12.4. The second-order valence-corrected chi connectivity index (χ2v) is 6.65. The molecule has 1 saturated heterocycles. The maximum Gasteiger partial charge on any atom is 0.338 e. The standard InChI is InChI=1S/C21H22O5/c1-21(2)25-14-18(26-21)12-13-24-20(23)17-10-8-16(9-11-17)19(22)15-6-4-3-5-7-15/h3-11,18H,12-14H2,1-2H3. The fraction of sp³-hybridized carbons (Fsp3) is 0.333. The van der Waals surface area contributed by atoms with Gasteiger partial charge in [0.05, 0.1) is 24.9 Å². The molecule has 1 atom stereocenters. The molecule has 1 unspecified atom stereocenters. The number of hydrogen-bond donors (Lipinski definition) is 0. The van der Waals surface area contributed by atoms with E-state index in [-0.39, 0.29) is 18.5 Å². The number of ketones is 1. The minimum Gasteiger partial charge on any atom is -0.462 e. The van der Waals surface area contributed by atoms with Crippen molar-refractivity contribution in [3.05, 3.63) is 71.3 Å². The van der Waals surface area contributed by atoms with Crippen molar-refractivity contribution in [2.75, 3.05) is 13.2 Å². The van der Waals surface area contributed by atoms with E-state index in [9.17, 15) is 9.59 Å². The number of carbonyl (C=O) groups is 2. The van der Waals surface area contributed by atoms with Crippen LogP contribution in [0.2, 0.25) is 0 Å². The molecule has 0 spiro atoms. The molecular formula is C21H22O5. The average molecular weight is 354 g/mol. The van der Waals surface area contributed by atoms with Gasteiger partial charge in [-0.25, -0.2) is 4.79 Å². The number of hydrogen-bond acceptors (Lipinski definition) is 5. The Morgan fingerprint density at radius 2 is 1.62 bits per heavy atom. The van der Waals surface area contributed by atoms with Crippen LogP contribution in [0.4, 0.5) is 0 Å². The summed E-state index contributed by atoms with van der Waals surface area (Å²) in [6.07, 6.45) is 0.517. The van der Waals surface area contributed by atoms with Gasteiger partial charge >= 0.3 is 5.97 Å². The molecule has 136 valence electrons. The van der Waals surface area contributed by atoms with E-state index in [0.717, 1.165) is 0 Å². The molecule has 2 aromatic rings. The van der Waals surface area contributed by atoms with Gasteiger partial charge in [-0.3, -0.25) is 4.79 Å². The zero-order chi connectivity index (χ0) is 18.6. The van der Waals surface area contributed by atoms with E-state index in [1.807, 2.05) is 32.0 Å². The molecule has 5 heteroatoms. The van der Waals surface area contributed by atoms with Gasteiger partial charge < -0.3 is 14.2 Å². The van der Waals surface area contributed by atoms with Gasteiger partial charge in [-0.15, -0.1) is 0 Å². The van der Waals surface area contributed by atoms with Gasteiger partial charge in [0, 0.05) is 17.5 Å². The average Bonchev–Trinajstić information content (AvgIpc) is 3.00. The van der Waals surface area contributed by atoms with E-state index in [2.05, 4.69) is 0 Å². The quantitative estimate of drug-likeness (QED) is 0.586. The van der Waals surface area contributed by atoms with Crippen molar-refractivity contribution < 1.29 is 23.8 Å². The van der Waals surface area contributed by atoms with Gasteiger partial charge in [-0.05, 0) is 26.0 Å². The second kappa shape index (κ2) is 7.81. The van der Waals surface area contributed by atoms with Gasteiger partial charge in [0.2, 0.25) is 0 Å². The Balaban J connectivity index is 1.52. The summed E-state index contributed by atoms with van der Waals surface area (Å²) in [5.74, 6) is -1.07. The Labute approximate surface area is 152 Å². The first kappa shape index (κ1) is 18.3. The monoisotopic (exact) mass is 354 g/mol. The third-order valence-electron chi connectivity index (χ3n) is 4.16. The third kappa shape index (κ3) is 4.56. The molecule has 0 N–H and O–H groups in total. The van der Waals surface area contributed by atoms with Gasteiger partial charge in [0.25, 0.3) is 0 Å². The highest BCUT2D eigenvalue weighted by molar-refractivity contribution is 6.09. The highest BCUT2D eigenvalue weighted by Gasteiger charge is 2.32. The molecule has 3 rings (SSSR count). The summed E-state index contributed by atoms with van der Waals surface area (Å²) in [5.41, 5.74) is 1.56. The number of carbonyl (C=O) groups excluding carboxylic acids is 2. The lowest BCUT2D eigenvalue weighted by molar-refractivity contribution is -0.139. The largest absolute Gasteiger partial charge is 0.462 e. The predicted molar refractivity (Wildman–Crippen MR) is 96.1 cm³/mol. The van der Waals surface area contributed by atoms with E-state index in [1.54, 1.807) is 36.4 Å². The SMILES string of the molecule is CC1(C)OCC(CCOC(=O)c2ccc(C(=O)c3ccccc3)cc2)O1. The maximum absolute atomic E-state index is 12.4. The highest BCUT2D eigenvalue weighted by atomic mass is 16.7. The van der Waals surface area contributed by atoms with Crippen LogP contribution in [0.1, 0.15) is 46.5 Å². The van der Waals surface area contributed by atoms with Crippen LogP contribution in [0.15, 0.2) is 54.6 Å². The number of esters is 1. The molecule has 0 bridgehead atoms. The molecule has 0 radical (unpaired) electrons. The number of rotatable bonds is 6. The highest BCUT2D eigenvalue weighted by Crippen LogP contribution is 2.24. The Morgan fingerprint density at radius 3 is 2.23 bits per heavy atom. The molecule has 0 aliphatic carbocycles. The number of ether oxygens (including phenoxy) is 3. The zero-order valence-corrected chi connectivity index (χ0v) is 14.9. The van der Waals surface area contributed by atoms with E-state index >= 15 is 0 Å². The van der Waals surface area contributed by atoms with Crippen molar-refractivity contribution in [2.24, 2.45) is 0 Å². The minimum atomic E-state index is -0.574. The lowest BCUT2D eigenvalue weighted by Gasteiger charge is -2.16. The molecule has 0 saturated carbocycles. The van der Waals surface area contributed by atoms with Crippen molar-refractivity contribution in [1.29, 1.82) is 0 Å². The molecule has 1 aliphatic rings. The summed E-state index contributed by atoms with van der Waals surface area (Å²) >= 11 is 0. The van der Waals surface area contributed by atoms with Crippen LogP contribution in [-0.2, 0) is 14.2 Å². The molecule has 0 aromatic heterocycles. The summed E-state index contributed by atoms with van der Waals surface area (Å²) in [4.78, 5) is 24.5. The molecule has 5 nitrogen and oxygen atoms in total. The van der Waals surface area contributed by atoms with Crippen LogP contribution in [0.3, 0.4) is 0 Å². The molecule has 2 aromatic carbocycles. The second-order valence-electron chi connectivity index (χ2n) is 6.65. The molecular weight excluding hydrogens is 332 g/mol. The van der Waals surface area contributed by atoms with Crippen molar-refractivity contribution in [3.63, 3.8) is 0 Å². The van der Waals surface area contributed by atoms with Crippen LogP contribution in [0, 0.1) is 0 Å². The minimum absolute atomic E-state index is 0.0660. The number of benzene rings is 2. The smallest absolute Gasteiger partial charge is 0.338 e. The van der Waals surface area contributed by atoms with Crippen molar-refractivity contribution in [3.8, 4) is 0 Å². The normalized spacial score (nSPS) is 18.5. The summed E-state index contributed by atoms with van der Waals surface area (Å²) in [6.45, 7) is 4.48. The molecule has 26 heavy (non-hydrogen) atoms. The molecule has 1 aliphatic heterocycles. The van der Waals surface area contributed by atoms with Crippen LogP contribution in [-0.4, -0.2) is 36.9 Å². The fourth-order valence-corrected chi connectivity index (χ4v) is 2.79. The van der Waals surface area contributed by atoms with Gasteiger partial charge in [0.1, 0.15) is 0 Å². The lowest BCUT2D eigenvalue weighted by atomic mass is 10.0. The van der Waals surface area contributed by atoms with Crippen LogP contribution < -0.4 is 0 Å². The van der Waals surface area contributed by atoms with Gasteiger partial charge in [-0.1, -0.05) is 42.5 Å². The van der Waals surface area contributed by atoms with Crippen LogP contribution in [0.25, 0.3) is 0 Å². The summed E-state index contributed by atoms with van der Waals surface area (Å²) in [5, 5.41) is 0. The summed E-state index contributed by atoms with van der Waals surface area (Å²) in [7, 11) is 0. The first-order valence-electron chi connectivity index (χ1n) is 8.63.